The number of carbonyl (C=O) groups excluding carboxylic acids is 1. The summed E-state index contributed by atoms with van der Waals surface area (Å²) in [5.74, 6) is 0.336. The molecule has 1 aromatic heterocycles. The summed E-state index contributed by atoms with van der Waals surface area (Å²) < 4.78 is 8.04. The summed E-state index contributed by atoms with van der Waals surface area (Å²) in [6.07, 6.45) is 1.59. The van der Waals surface area contributed by atoms with Gasteiger partial charge in [-0.1, -0.05) is 48.0 Å². The van der Waals surface area contributed by atoms with Crippen LogP contribution in [0.5, 0.6) is 5.75 Å². The highest BCUT2D eigenvalue weighted by atomic mass is 35.5. The number of nitrogens with zero attached hydrogens (tertiary/aromatic N) is 3. The molecule has 0 spiro atoms. The molecule has 0 aliphatic carbocycles. The van der Waals surface area contributed by atoms with Gasteiger partial charge in [-0.25, -0.2) is 5.43 Å². The number of carbonyl (C=O) groups is 1. The second kappa shape index (κ2) is 12.7. The summed E-state index contributed by atoms with van der Waals surface area (Å²) in [4.78, 5) is 28.3. The minimum atomic E-state index is -0.316. The Morgan fingerprint density at radius 1 is 0.927 bits per heavy atom. The maximum absolute atomic E-state index is 13.0. The number of hydrogen-bond donors (Lipinski definition) is 1. The Bertz CT molecular complexity index is 1720. The van der Waals surface area contributed by atoms with Gasteiger partial charge in [-0.15, -0.1) is 0 Å². The van der Waals surface area contributed by atoms with Crippen molar-refractivity contribution < 1.29 is 9.53 Å². The van der Waals surface area contributed by atoms with E-state index >= 15 is 0 Å². The van der Waals surface area contributed by atoms with Crippen LogP contribution in [0.2, 0.25) is 5.02 Å². The van der Waals surface area contributed by atoms with E-state index in [1.54, 1.807) is 18.3 Å². The van der Waals surface area contributed by atoms with Crippen molar-refractivity contribution in [1.29, 1.82) is 0 Å². The molecular weight excluding hydrogens is 536 g/mol. The Hall–Kier alpha value is -4.62. The first-order valence-corrected chi connectivity index (χ1v) is 13.9. The fraction of sp³-hybridized carbons (Fsp3) is 0.182. The maximum Gasteiger partial charge on any atom is 0.260 e. The summed E-state index contributed by atoms with van der Waals surface area (Å²) in [5, 5.41) is 6.05. The van der Waals surface area contributed by atoms with Crippen LogP contribution in [0.15, 0.2) is 101 Å². The topological polar surface area (TPSA) is 75.9 Å². The molecule has 5 aromatic rings. The number of hydrogen-bond acceptors (Lipinski definition) is 5. The first-order chi connectivity index (χ1) is 20.0. The van der Waals surface area contributed by atoms with Crippen LogP contribution in [0.3, 0.4) is 0 Å². The molecule has 0 saturated heterocycles. The summed E-state index contributed by atoms with van der Waals surface area (Å²) in [5.41, 5.74) is 6.74. The standard InChI is InChI=1S/C33H31ClN4O3/c1-3-37(4-2)26-18-15-24(31(19-26)41-22-23-13-16-25(34)17-14-23)20-35-36-32(39)21-38-29-11-7-5-9-27(29)33(40)28-10-6-8-12-30(28)38/h5-20H,3-4,21-22H2,1-2H3,(H,36,39)/b35-20+. The van der Waals surface area contributed by atoms with Crippen LogP contribution in [-0.4, -0.2) is 29.8 Å². The van der Waals surface area contributed by atoms with Crippen molar-refractivity contribution in [2.45, 2.75) is 27.0 Å². The van der Waals surface area contributed by atoms with Crippen molar-refractivity contribution in [2.75, 3.05) is 18.0 Å². The van der Waals surface area contributed by atoms with Crippen molar-refractivity contribution in [3.63, 3.8) is 0 Å². The number of fused-ring (bicyclic) bond motifs is 2. The molecule has 41 heavy (non-hydrogen) atoms. The van der Waals surface area contributed by atoms with Gasteiger partial charge in [0.1, 0.15) is 18.9 Å². The van der Waals surface area contributed by atoms with E-state index in [2.05, 4.69) is 29.3 Å². The molecule has 5 rings (SSSR count). The van der Waals surface area contributed by atoms with Crippen molar-refractivity contribution in [3.8, 4) is 5.75 Å². The number of rotatable bonds is 10. The van der Waals surface area contributed by atoms with Gasteiger partial charge < -0.3 is 14.2 Å². The number of halogens is 1. The Labute approximate surface area is 243 Å². The monoisotopic (exact) mass is 566 g/mol. The summed E-state index contributed by atoms with van der Waals surface area (Å²) in [7, 11) is 0. The summed E-state index contributed by atoms with van der Waals surface area (Å²) in [6.45, 7) is 6.31. The van der Waals surface area contributed by atoms with Crippen molar-refractivity contribution in [3.05, 3.63) is 117 Å². The Morgan fingerprint density at radius 3 is 2.20 bits per heavy atom. The lowest BCUT2D eigenvalue weighted by Crippen LogP contribution is -2.25. The van der Waals surface area contributed by atoms with E-state index in [9.17, 15) is 9.59 Å². The second-order valence-corrected chi connectivity index (χ2v) is 9.99. The Kier molecular flexibility index (Phi) is 8.65. The average Bonchev–Trinajstić information content (AvgIpc) is 3.00. The highest BCUT2D eigenvalue weighted by molar-refractivity contribution is 6.30. The van der Waals surface area contributed by atoms with Crippen LogP contribution in [0.25, 0.3) is 21.8 Å². The second-order valence-electron chi connectivity index (χ2n) is 9.55. The highest BCUT2D eigenvalue weighted by Gasteiger charge is 2.13. The molecule has 0 aliphatic rings. The quantitative estimate of drug-likeness (QED) is 0.121. The van der Waals surface area contributed by atoms with E-state index in [-0.39, 0.29) is 17.9 Å². The minimum absolute atomic E-state index is 0.000527. The summed E-state index contributed by atoms with van der Waals surface area (Å²) >= 11 is 6.03. The number of hydrazone groups is 1. The first kappa shape index (κ1) is 27.9. The number of nitrogens with one attached hydrogen (secondary N) is 1. The van der Waals surface area contributed by atoms with E-state index in [1.165, 1.54) is 0 Å². The number of pyridine rings is 1. The average molecular weight is 567 g/mol. The number of aromatic nitrogens is 1. The molecule has 0 radical (unpaired) electrons. The molecule has 208 valence electrons. The number of benzene rings is 4. The molecule has 1 amide bonds. The lowest BCUT2D eigenvalue weighted by molar-refractivity contribution is -0.121. The van der Waals surface area contributed by atoms with Gasteiger partial charge >= 0.3 is 0 Å². The molecule has 7 nitrogen and oxygen atoms in total. The van der Waals surface area contributed by atoms with Gasteiger partial charge in [-0.2, -0.15) is 5.10 Å². The smallest absolute Gasteiger partial charge is 0.260 e. The fourth-order valence-corrected chi connectivity index (χ4v) is 5.01. The third kappa shape index (κ3) is 6.26. The largest absolute Gasteiger partial charge is 0.488 e. The molecule has 0 atom stereocenters. The number of amides is 1. The van der Waals surface area contributed by atoms with Gasteiger partial charge in [-0.3, -0.25) is 9.59 Å². The molecule has 0 aliphatic heterocycles. The molecular formula is C33H31ClN4O3. The number of ether oxygens (including phenoxy) is 1. The van der Waals surface area contributed by atoms with Gasteiger partial charge in [0.05, 0.1) is 17.2 Å². The van der Waals surface area contributed by atoms with Crippen LogP contribution in [0.1, 0.15) is 25.0 Å². The van der Waals surface area contributed by atoms with Crippen LogP contribution in [0, 0.1) is 0 Å². The zero-order chi connectivity index (χ0) is 28.8. The Balaban J connectivity index is 1.38. The predicted molar refractivity (Wildman–Crippen MR) is 167 cm³/mol. The molecule has 0 fully saturated rings. The van der Waals surface area contributed by atoms with Crippen molar-refractivity contribution >= 4 is 51.2 Å². The van der Waals surface area contributed by atoms with E-state index in [0.717, 1.165) is 29.9 Å². The maximum atomic E-state index is 13.0. The van der Waals surface area contributed by atoms with Gasteiger partial charge in [-0.05, 0) is 67.9 Å². The van der Waals surface area contributed by atoms with Gasteiger partial charge in [0.25, 0.3) is 5.91 Å². The van der Waals surface area contributed by atoms with Gasteiger partial charge in [0.15, 0.2) is 5.43 Å². The van der Waals surface area contributed by atoms with Crippen LogP contribution in [-0.2, 0) is 17.9 Å². The highest BCUT2D eigenvalue weighted by Crippen LogP contribution is 2.26. The fourth-order valence-electron chi connectivity index (χ4n) is 4.88. The molecule has 0 bridgehead atoms. The molecule has 0 saturated carbocycles. The first-order valence-electron chi connectivity index (χ1n) is 13.6. The molecule has 1 heterocycles. The lowest BCUT2D eigenvalue weighted by Gasteiger charge is -2.22. The zero-order valence-corrected chi connectivity index (χ0v) is 23.8. The van der Waals surface area contributed by atoms with Crippen LogP contribution < -0.4 is 20.5 Å². The number of anilines is 1. The van der Waals surface area contributed by atoms with Crippen molar-refractivity contribution in [1.82, 2.24) is 9.99 Å². The van der Waals surface area contributed by atoms with E-state index in [0.29, 0.717) is 39.2 Å². The molecule has 1 N–H and O–H groups in total. The van der Waals surface area contributed by atoms with Gasteiger partial charge in [0.2, 0.25) is 0 Å². The molecule has 0 unspecified atom stereocenters. The van der Waals surface area contributed by atoms with Crippen LogP contribution >= 0.6 is 11.6 Å². The molecule has 8 heteroatoms. The van der Waals surface area contributed by atoms with Crippen molar-refractivity contribution in [2.24, 2.45) is 5.10 Å². The Morgan fingerprint density at radius 2 is 1.56 bits per heavy atom. The van der Waals surface area contributed by atoms with Gasteiger partial charge in [0, 0.05) is 46.2 Å². The summed E-state index contributed by atoms with van der Waals surface area (Å²) in [6, 6.07) is 28.1. The third-order valence-corrected chi connectivity index (χ3v) is 7.26. The SMILES string of the molecule is CCN(CC)c1ccc(/C=N/NC(=O)Cn2c3ccccc3c(=O)c3ccccc32)c(OCc2ccc(Cl)cc2)c1. The molecule has 4 aromatic carbocycles. The minimum Gasteiger partial charge on any atom is -0.488 e. The lowest BCUT2D eigenvalue weighted by atomic mass is 10.1. The zero-order valence-electron chi connectivity index (χ0n) is 23.0. The van der Waals surface area contributed by atoms with E-state index in [1.807, 2.05) is 83.4 Å². The van der Waals surface area contributed by atoms with Crippen LogP contribution in [0.4, 0.5) is 5.69 Å². The number of para-hydroxylation sites is 2. The van der Waals surface area contributed by atoms with E-state index < -0.39 is 0 Å². The predicted octanol–water partition coefficient (Wildman–Crippen LogP) is 6.38. The third-order valence-electron chi connectivity index (χ3n) is 7.01. The van der Waals surface area contributed by atoms with E-state index in [4.69, 9.17) is 16.3 Å². The normalized spacial score (nSPS) is 11.3.